The van der Waals surface area contributed by atoms with Crippen molar-refractivity contribution in [3.63, 3.8) is 0 Å². The zero-order valence-corrected chi connectivity index (χ0v) is 11.8. The van der Waals surface area contributed by atoms with Gasteiger partial charge in [-0.2, -0.15) is 0 Å². The summed E-state index contributed by atoms with van der Waals surface area (Å²) in [6, 6.07) is 11.4. The Morgan fingerprint density at radius 1 is 1.22 bits per heavy atom. The van der Waals surface area contributed by atoms with Gasteiger partial charge in [0.05, 0.1) is 16.3 Å². The lowest BCUT2D eigenvalue weighted by Crippen LogP contribution is -1.91. The summed E-state index contributed by atoms with van der Waals surface area (Å²) in [5.74, 6) is -1.06. The summed E-state index contributed by atoms with van der Waals surface area (Å²) in [6.45, 7) is 0. The Balaban J connectivity index is 2.17. The second-order valence-electron chi connectivity index (χ2n) is 4.75. The van der Waals surface area contributed by atoms with Crippen LogP contribution in [0.25, 0.3) is 23.0 Å². The molecule has 2 aromatic heterocycles. The highest BCUT2D eigenvalue weighted by Crippen LogP contribution is 2.27. The molecule has 1 aromatic carbocycles. The van der Waals surface area contributed by atoms with E-state index in [4.69, 9.17) is 5.11 Å². The zero-order valence-electron chi connectivity index (χ0n) is 11.8. The number of hydrogen-bond donors (Lipinski definition) is 1. The number of imidazole rings is 1. The van der Waals surface area contributed by atoms with E-state index in [0.29, 0.717) is 22.6 Å². The average molecular weight is 309 g/mol. The maximum atomic E-state index is 10.8. The van der Waals surface area contributed by atoms with E-state index >= 15 is 0 Å². The van der Waals surface area contributed by atoms with Gasteiger partial charge in [0.25, 0.3) is 5.69 Å². The first-order valence-corrected chi connectivity index (χ1v) is 6.69. The lowest BCUT2D eigenvalue weighted by molar-refractivity contribution is -0.384. The van der Waals surface area contributed by atoms with Gasteiger partial charge in [-0.05, 0) is 30.3 Å². The number of pyridine rings is 1. The lowest BCUT2D eigenvalue weighted by atomic mass is 10.1. The summed E-state index contributed by atoms with van der Waals surface area (Å²) >= 11 is 0. The zero-order chi connectivity index (χ0) is 16.4. The molecule has 1 N–H and O–H groups in total. The summed E-state index contributed by atoms with van der Waals surface area (Å²) < 4.78 is 1.76. The number of benzene rings is 1. The van der Waals surface area contributed by atoms with Crippen LogP contribution in [0.1, 0.15) is 5.69 Å². The number of non-ortho nitro benzene ring substituents is 1. The molecule has 7 nitrogen and oxygen atoms in total. The van der Waals surface area contributed by atoms with Gasteiger partial charge < -0.3 is 5.11 Å². The van der Waals surface area contributed by atoms with E-state index in [9.17, 15) is 14.9 Å². The number of carboxylic acids is 1. The van der Waals surface area contributed by atoms with Crippen LogP contribution in [0.5, 0.6) is 0 Å². The third-order valence-electron chi connectivity index (χ3n) is 3.30. The van der Waals surface area contributed by atoms with E-state index in [1.807, 2.05) is 12.1 Å². The molecule has 0 amide bonds. The fourth-order valence-electron chi connectivity index (χ4n) is 2.28. The molecule has 0 atom stereocenters. The lowest BCUT2D eigenvalue weighted by Gasteiger charge is -2.00. The number of nitro groups is 1. The minimum atomic E-state index is -1.06. The van der Waals surface area contributed by atoms with E-state index in [0.717, 1.165) is 6.08 Å². The van der Waals surface area contributed by atoms with Gasteiger partial charge in [0.2, 0.25) is 0 Å². The number of carboxylic acid groups (broad SMARTS) is 1. The SMILES string of the molecule is O=C(O)/C=C\c1c(-c2ccc([N+](=O)[O-])cc2)nc2ccccn12. The number of nitrogens with zero attached hydrogens (tertiary/aromatic N) is 3. The largest absolute Gasteiger partial charge is 0.478 e. The van der Waals surface area contributed by atoms with Gasteiger partial charge in [-0.15, -0.1) is 0 Å². The van der Waals surface area contributed by atoms with Crippen LogP contribution >= 0.6 is 0 Å². The minimum absolute atomic E-state index is 0.0138. The first-order valence-electron chi connectivity index (χ1n) is 6.69. The molecule has 0 saturated carbocycles. The fourth-order valence-corrected chi connectivity index (χ4v) is 2.28. The minimum Gasteiger partial charge on any atom is -0.478 e. The van der Waals surface area contributed by atoms with Crippen molar-refractivity contribution in [2.75, 3.05) is 0 Å². The topological polar surface area (TPSA) is 97.7 Å². The molecular formula is C16H11N3O4. The third-order valence-corrected chi connectivity index (χ3v) is 3.30. The van der Waals surface area contributed by atoms with E-state index in [-0.39, 0.29) is 5.69 Å². The molecule has 0 spiro atoms. The second-order valence-corrected chi connectivity index (χ2v) is 4.75. The third kappa shape index (κ3) is 2.80. The summed E-state index contributed by atoms with van der Waals surface area (Å²) in [4.78, 5) is 25.6. The van der Waals surface area contributed by atoms with Gasteiger partial charge in [0.15, 0.2) is 0 Å². The molecule has 2 heterocycles. The molecule has 0 aliphatic heterocycles. The Morgan fingerprint density at radius 3 is 2.61 bits per heavy atom. The Bertz CT molecular complexity index is 926. The molecule has 0 bridgehead atoms. The number of rotatable bonds is 4. The summed E-state index contributed by atoms with van der Waals surface area (Å²) in [5.41, 5.74) is 2.47. The highest BCUT2D eigenvalue weighted by Gasteiger charge is 2.13. The molecule has 0 aliphatic carbocycles. The van der Waals surface area contributed by atoms with Crippen molar-refractivity contribution >= 4 is 23.4 Å². The molecule has 0 saturated heterocycles. The number of carbonyl (C=O) groups is 1. The van der Waals surface area contributed by atoms with Crippen molar-refractivity contribution in [1.29, 1.82) is 0 Å². The maximum absolute atomic E-state index is 10.8. The van der Waals surface area contributed by atoms with Crippen molar-refractivity contribution in [3.8, 4) is 11.3 Å². The Morgan fingerprint density at radius 2 is 1.96 bits per heavy atom. The standard InChI is InChI=1S/C16H11N3O4/c20-15(21)9-8-13-16(17-14-3-1-2-10-18(13)14)11-4-6-12(7-5-11)19(22)23/h1-10H,(H,20,21)/b9-8-. The normalized spacial score (nSPS) is 11.1. The molecule has 0 unspecified atom stereocenters. The molecule has 3 aromatic rings. The molecule has 7 heteroatoms. The first kappa shape index (κ1) is 14.5. The van der Waals surface area contributed by atoms with Crippen LogP contribution in [0.3, 0.4) is 0 Å². The predicted molar refractivity (Wildman–Crippen MR) is 84.0 cm³/mol. The Hall–Kier alpha value is -3.48. The number of aromatic nitrogens is 2. The van der Waals surface area contributed by atoms with Crippen molar-refractivity contribution in [3.05, 3.63) is 70.5 Å². The van der Waals surface area contributed by atoms with E-state index in [1.165, 1.54) is 18.2 Å². The van der Waals surface area contributed by atoms with Gasteiger partial charge >= 0.3 is 5.97 Å². The van der Waals surface area contributed by atoms with Gasteiger partial charge in [-0.1, -0.05) is 6.07 Å². The Labute approximate surface area is 130 Å². The maximum Gasteiger partial charge on any atom is 0.328 e. The average Bonchev–Trinajstić information content (AvgIpc) is 2.91. The van der Waals surface area contributed by atoms with Crippen LogP contribution in [-0.2, 0) is 4.79 Å². The van der Waals surface area contributed by atoms with E-state index < -0.39 is 10.9 Å². The molecular weight excluding hydrogens is 298 g/mol. The van der Waals surface area contributed by atoms with Crippen LogP contribution in [0.2, 0.25) is 0 Å². The molecule has 3 rings (SSSR count). The second kappa shape index (κ2) is 5.72. The monoisotopic (exact) mass is 309 g/mol. The van der Waals surface area contributed by atoms with Crippen molar-refractivity contribution in [2.45, 2.75) is 0 Å². The molecule has 0 radical (unpaired) electrons. The highest BCUT2D eigenvalue weighted by molar-refractivity contribution is 5.87. The van der Waals surface area contributed by atoms with Gasteiger partial charge in [-0.3, -0.25) is 14.5 Å². The van der Waals surface area contributed by atoms with Crippen molar-refractivity contribution in [1.82, 2.24) is 9.38 Å². The smallest absolute Gasteiger partial charge is 0.328 e. The summed E-state index contributed by atoms with van der Waals surface area (Å²) in [7, 11) is 0. The predicted octanol–water partition coefficient (Wildman–Crippen LogP) is 3.01. The van der Waals surface area contributed by atoms with E-state index in [2.05, 4.69) is 4.98 Å². The van der Waals surface area contributed by atoms with Gasteiger partial charge in [0.1, 0.15) is 5.65 Å². The van der Waals surface area contributed by atoms with Gasteiger partial charge in [-0.25, -0.2) is 9.78 Å². The van der Waals surface area contributed by atoms with E-state index in [1.54, 1.807) is 28.8 Å². The highest BCUT2D eigenvalue weighted by atomic mass is 16.6. The van der Waals surface area contributed by atoms with Crippen LogP contribution in [0.15, 0.2) is 54.7 Å². The first-order chi connectivity index (χ1) is 11.1. The number of nitro benzene ring substituents is 1. The number of hydrogen-bond acceptors (Lipinski definition) is 4. The quantitative estimate of drug-likeness (QED) is 0.454. The molecule has 0 aliphatic rings. The van der Waals surface area contributed by atoms with Gasteiger partial charge in [0, 0.05) is 30.0 Å². The van der Waals surface area contributed by atoms with Crippen molar-refractivity contribution < 1.29 is 14.8 Å². The van der Waals surface area contributed by atoms with Crippen LogP contribution < -0.4 is 0 Å². The Kier molecular flexibility index (Phi) is 3.60. The van der Waals surface area contributed by atoms with Crippen molar-refractivity contribution in [2.24, 2.45) is 0 Å². The van der Waals surface area contributed by atoms with Crippen LogP contribution in [0, 0.1) is 10.1 Å². The number of fused-ring (bicyclic) bond motifs is 1. The van der Waals surface area contributed by atoms with Crippen LogP contribution in [-0.4, -0.2) is 25.4 Å². The summed E-state index contributed by atoms with van der Waals surface area (Å²) in [6.07, 6.45) is 4.27. The molecule has 0 fully saturated rings. The molecule has 114 valence electrons. The van der Waals surface area contributed by atoms with Crippen LogP contribution in [0.4, 0.5) is 5.69 Å². The number of aliphatic carboxylic acids is 1. The molecule has 23 heavy (non-hydrogen) atoms. The fraction of sp³-hybridized carbons (Fsp3) is 0. The summed E-state index contributed by atoms with van der Waals surface area (Å²) in [5, 5.41) is 19.6.